The summed E-state index contributed by atoms with van der Waals surface area (Å²) in [4.78, 5) is 32.1. The number of fused-ring (bicyclic) bond motifs is 1. The van der Waals surface area contributed by atoms with Crippen LogP contribution in [0.25, 0.3) is 0 Å². The largest absolute Gasteiger partial charge is 0.487 e. The number of ether oxygens (including phenoxy) is 2. The van der Waals surface area contributed by atoms with E-state index in [0.717, 1.165) is 19.8 Å². The summed E-state index contributed by atoms with van der Waals surface area (Å²) in [6.45, 7) is 6.77. The van der Waals surface area contributed by atoms with Gasteiger partial charge in [0.15, 0.2) is 6.61 Å². The summed E-state index contributed by atoms with van der Waals surface area (Å²) in [6.07, 6.45) is 2.87. The Morgan fingerprint density at radius 1 is 1.21 bits per heavy atom. The first-order valence-electron chi connectivity index (χ1n) is 11.3. The van der Waals surface area contributed by atoms with Gasteiger partial charge in [0.25, 0.3) is 11.8 Å². The van der Waals surface area contributed by atoms with E-state index in [1.807, 2.05) is 6.92 Å². The molecule has 0 atom stereocenters. The van der Waals surface area contributed by atoms with E-state index in [0.29, 0.717) is 30.0 Å². The maximum Gasteiger partial charge on any atom is 0.278 e. The summed E-state index contributed by atoms with van der Waals surface area (Å²) in [5.41, 5.74) is 0.489. The summed E-state index contributed by atoms with van der Waals surface area (Å²) in [5.74, 6) is -2.98. The van der Waals surface area contributed by atoms with E-state index in [1.165, 1.54) is 23.2 Å². The molecule has 2 aliphatic heterocycles. The monoisotopic (exact) mass is 473 g/mol. The standard InChI is InChI=1S/C25H29F2N3O4/c1-23(2)18-13-16(21(31)29-24(3)8-11-33-12-9-24)5-6-19(18)30(22(23)32)20-14-17(7-10-28-20)34-15-25(4,26)27/h5-7,10,13-14H,8-9,11-12,15H2,1-4H3,(H,29,31). The Morgan fingerprint density at radius 3 is 2.59 bits per heavy atom. The van der Waals surface area contributed by atoms with Crippen LogP contribution in [-0.2, 0) is 14.9 Å². The van der Waals surface area contributed by atoms with Crippen molar-refractivity contribution >= 4 is 23.3 Å². The van der Waals surface area contributed by atoms with Crippen LogP contribution in [0.5, 0.6) is 5.75 Å². The minimum Gasteiger partial charge on any atom is -0.487 e. The zero-order valence-electron chi connectivity index (χ0n) is 19.8. The number of nitrogens with zero attached hydrogens (tertiary/aromatic N) is 2. The quantitative estimate of drug-likeness (QED) is 0.674. The average molecular weight is 474 g/mol. The van der Waals surface area contributed by atoms with Crippen LogP contribution in [0.3, 0.4) is 0 Å². The Kier molecular flexibility index (Phi) is 6.10. The molecule has 0 unspecified atom stereocenters. The molecular weight excluding hydrogens is 444 g/mol. The maximum absolute atomic E-state index is 13.4. The third kappa shape index (κ3) is 4.75. The molecule has 9 heteroatoms. The van der Waals surface area contributed by atoms with Gasteiger partial charge < -0.3 is 14.8 Å². The lowest BCUT2D eigenvalue weighted by atomic mass is 9.85. The van der Waals surface area contributed by atoms with Gasteiger partial charge in [-0.15, -0.1) is 0 Å². The fourth-order valence-electron chi connectivity index (χ4n) is 4.22. The first kappa shape index (κ1) is 24.1. The number of rotatable bonds is 6. The van der Waals surface area contributed by atoms with E-state index >= 15 is 0 Å². The zero-order chi connectivity index (χ0) is 24.7. The number of carbonyl (C=O) groups excluding carboxylic acids is 2. The fourth-order valence-corrected chi connectivity index (χ4v) is 4.22. The van der Waals surface area contributed by atoms with Crippen LogP contribution in [0.4, 0.5) is 20.3 Å². The number of amides is 2. The van der Waals surface area contributed by atoms with Crippen LogP contribution < -0.4 is 15.0 Å². The Labute approximate surface area is 197 Å². The lowest BCUT2D eigenvalue weighted by Crippen LogP contribution is -2.49. The van der Waals surface area contributed by atoms with Crippen molar-refractivity contribution in [2.75, 3.05) is 24.7 Å². The maximum atomic E-state index is 13.4. The number of hydrogen-bond acceptors (Lipinski definition) is 5. The third-order valence-electron chi connectivity index (χ3n) is 6.36. The van der Waals surface area contributed by atoms with E-state index in [-0.39, 0.29) is 28.9 Å². The molecule has 0 radical (unpaired) electrons. The highest BCUT2D eigenvalue weighted by Gasteiger charge is 2.45. The van der Waals surface area contributed by atoms with Gasteiger partial charge in [-0.1, -0.05) is 0 Å². The average Bonchev–Trinajstić information content (AvgIpc) is 2.97. The SMILES string of the molecule is CC(F)(F)COc1ccnc(N2C(=O)C(C)(C)c3cc(C(=O)NC4(C)CCOCC4)ccc32)c1. The molecule has 34 heavy (non-hydrogen) atoms. The van der Waals surface area contributed by atoms with E-state index in [1.54, 1.807) is 32.0 Å². The normalized spacial score (nSPS) is 19.0. The Hall–Kier alpha value is -3.07. The lowest BCUT2D eigenvalue weighted by molar-refractivity contribution is -0.121. The number of nitrogens with one attached hydrogen (secondary N) is 1. The van der Waals surface area contributed by atoms with Crippen molar-refractivity contribution in [2.24, 2.45) is 0 Å². The van der Waals surface area contributed by atoms with E-state index < -0.39 is 17.9 Å². The predicted molar refractivity (Wildman–Crippen MR) is 123 cm³/mol. The highest BCUT2D eigenvalue weighted by Crippen LogP contribution is 2.45. The van der Waals surface area contributed by atoms with Crippen molar-refractivity contribution in [2.45, 2.75) is 57.4 Å². The van der Waals surface area contributed by atoms with Crippen molar-refractivity contribution in [1.82, 2.24) is 10.3 Å². The first-order valence-corrected chi connectivity index (χ1v) is 11.3. The van der Waals surface area contributed by atoms with Crippen LogP contribution in [0, 0.1) is 0 Å². The van der Waals surface area contributed by atoms with Crippen molar-refractivity contribution in [3.63, 3.8) is 0 Å². The molecule has 1 aromatic heterocycles. The highest BCUT2D eigenvalue weighted by molar-refractivity contribution is 6.12. The van der Waals surface area contributed by atoms with Gasteiger partial charge in [-0.25, -0.2) is 13.8 Å². The molecule has 1 saturated heterocycles. The Balaban J connectivity index is 1.62. The number of anilines is 2. The molecule has 0 saturated carbocycles. The van der Waals surface area contributed by atoms with E-state index in [4.69, 9.17) is 9.47 Å². The number of hydrogen-bond donors (Lipinski definition) is 1. The molecule has 1 aromatic carbocycles. The van der Waals surface area contributed by atoms with E-state index in [2.05, 4.69) is 10.3 Å². The molecule has 2 aromatic rings. The second kappa shape index (κ2) is 8.61. The summed E-state index contributed by atoms with van der Waals surface area (Å²) < 4.78 is 37.0. The molecule has 4 rings (SSSR count). The first-order chi connectivity index (χ1) is 15.9. The molecular formula is C25H29F2N3O4. The molecule has 182 valence electrons. The van der Waals surface area contributed by atoms with Gasteiger partial charge in [-0.3, -0.25) is 14.5 Å². The van der Waals surface area contributed by atoms with E-state index in [9.17, 15) is 18.4 Å². The van der Waals surface area contributed by atoms with Crippen LogP contribution in [0.15, 0.2) is 36.5 Å². The Bertz CT molecular complexity index is 1110. The van der Waals surface area contributed by atoms with Gasteiger partial charge in [0.1, 0.15) is 11.6 Å². The number of benzene rings is 1. The van der Waals surface area contributed by atoms with Gasteiger partial charge in [-0.2, -0.15) is 0 Å². The summed E-state index contributed by atoms with van der Waals surface area (Å²) >= 11 is 0. The number of alkyl halides is 2. The molecule has 2 amide bonds. The second-order valence-electron chi connectivity index (χ2n) is 9.83. The van der Waals surface area contributed by atoms with Gasteiger partial charge in [0, 0.05) is 43.5 Å². The summed E-state index contributed by atoms with van der Waals surface area (Å²) in [5, 5.41) is 3.11. The summed E-state index contributed by atoms with van der Waals surface area (Å²) in [6, 6.07) is 8.06. The van der Waals surface area contributed by atoms with Crippen LogP contribution in [0.2, 0.25) is 0 Å². The molecule has 0 spiro atoms. The molecule has 0 aliphatic carbocycles. The van der Waals surface area contributed by atoms with Gasteiger partial charge >= 0.3 is 0 Å². The molecule has 0 bridgehead atoms. The van der Waals surface area contributed by atoms with Crippen molar-refractivity contribution in [1.29, 1.82) is 0 Å². The zero-order valence-corrected chi connectivity index (χ0v) is 19.8. The summed E-state index contributed by atoms with van der Waals surface area (Å²) in [7, 11) is 0. The number of aromatic nitrogens is 1. The molecule has 3 heterocycles. The van der Waals surface area contributed by atoms with Gasteiger partial charge in [0.2, 0.25) is 5.91 Å². The van der Waals surface area contributed by atoms with Gasteiger partial charge in [-0.05, 0) is 63.4 Å². The second-order valence-corrected chi connectivity index (χ2v) is 9.83. The fraction of sp³-hybridized carbons (Fsp3) is 0.480. The van der Waals surface area contributed by atoms with Crippen molar-refractivity contribution in [3.8, 4) is 5.75 Å². The third-order valence-corrected chi connectivity index (χ3v) is 6.36. The smallest absolute Gasteiger partial charge is 0.278 e. The van der Waals surface area contributed by atoms with Crippen molar-refractivity contribution in [3.05, 3.63) is 47.7 Å². The number of pyridine rings is 1. The topological polar surface area (TPSA) is 80.8 Å². The minimum absolute atomic E-state index is 0.186. The van der Waals surface area contributed by atoms with Crippen LogP contribution in [-0.4, -0.2) is 48.1 Å². The predicted octanol–water partition coefficient (Wildman–Crippen LogP) is 4.37. The van der Waals surface area contributed by atoms with Crippen LogP contribution in [0.1, 0.15) is 56.5 Å². The molecule has 1 N–H and O–H groups in total. The van der Waals surface area contributed by atoms with Crippen molar-refractivity contribution < 1.29 is 27.8 Å². The minimum atomic E-state index is -2.99. The molecule has 1 fully saturated rings. The highest BCUT2D eigenvalue weighted by atomic mass is 19.3. The Morgan fingerprint density at radius 2 is 1.91 bits per heavy atom. The van der Waals surface area contributed by atoms with Crippen LogP contribution >= 0.6 is 0 Å². The number of carbonyl (C=O) groups is 2. The molecule has 7 nitrogen and oxygen atoms in total. The molecule has 2 aliphatic rings. The van der Waals surface area contributed by atoms with Gasteiger partial charge in [0.05, 0.1) is 11.1 Å². The lowest BCUT2D eigenvalue weighted by Gasteiger charge is -2.34. The number of halogens is 2.